The van der Waals surface area contributed by atoms with E-state index in [0.29, 0.717) is 0 Å². The Labute approximate surface area is 69.1 Å². The van der Waals surface area contributed by atoms with Gasteiger partial charge in [-0.05, 0) is 33.6 Å². The lowest BCUT2D eigenvalue weighted by molar-refractivity contribution is 0.0796. The van der Waals surface area contributed by atoms with Crippen LogP contribution in [0.5, 0.6) is 0 Å². The van der Waals surface area contributed by atoms with Crippen LogP contribution in [0.3, 0.4) is 0 Å². The fourth-order valence-corrected chi connectivity index (χ4v) is 1.83. The standard InChI is InChI=1S/C10H18O/c1-7-5-6-10(4,8(7)2)9(3)11/h9,11H,5-6H2,1-4H3. The van der Waals surface area contributed by atoms with E-state index >= 15 is 0 Å². The SMILES string of the molecule is CC1=C(C)C(C)(C(C)O)CC1. The van der Waals surface area contributed by atoms with Crippen molar-refractivity contribution in [3.63, 3.8) is 0 Å². The fraction of sp³-hybridized carbons (Fsp3) is 0.800. The van der Waals surface area contributed by atoms with E-state index in [0.717, 1.165) is 12.8 Å². The molecule has 2 unspecified atom stereocenters. The first kappa shape index (κ1) is 8.79. The van der Waals surface area contributed by atoms with Gasteiger partial charge in [-0.3, -0.25) is 0 Å². The molecule has 1 N–H and O–H groups in total. The highest BCUT2D eigenvalue weighted by Crippen LogP contribution is 2.44. The van der Waals surface area contributed by atoms with Gasteiger partial charge in [0, 0.05) is 5.41 Å². The van der Waals surface area contributed by atoms with Crippen LogP contribution >= 0.6 is 0 Å². The zero-order valence-corrected chi connectivity index (χ0v) is 7.94. The topological polar surface area (TPSA) is 20.2 Å². The molecule has 0 heterocycles. The van der Waals surface area contributed by atoms with E-state index in [1.54, 1.807) is 0 Å². The Bertz CT molecular complexity index is 191. The summed E-state index contributed by atoms with van der Waals surface area (Å²) in [4.78, 5) is 0. The number of aliphatic hydroxyl groups excluding tert-OH is 1. The van der Waals surface area contributed by atoms with Crippen LogP contribution in [0.4, 0.5) is 0 Å². The number of hydrogen-bond donors (Lipinski definition) is 1. The third-order valence-electron chi connectivity index (χ3n) is 3.44. The van der Waals surface area contributed by atoms with Crippen LogP contribution < -0.4 is 0 Å². The van der Waals surface area contributed by atoms with Gasteiger partial charge in [-0.2, -0.15) is 0 Å². The van der Waals surface area contributed by atoms with E-state index in [9.17, 15) is 5.11 Å². The van der Waals surface area contributed by atoms with Gasteiger partial charge in [0.25, 0.3) is 0 Å². The molecule has 0 aromatic heterocycles. The Morgan fingerprint density at radius 3 is 2.18 bits per heavy atom. The Hall–Kier alpha value is -0.300. The maximum Gasteiger partial charge on any atom is 0.0602 e. The van der Waals surface area contributed by atoms with E-state index in [1.807, 2.05) is 6.92 Å². The Morgan fingerprint density at radius 1 is 1.45 bits per heavy atom. The zero-order chi connectivity index (χ0) is 8.65. The highest BCUT2D eigenvalue weighted by molar-refractivity contribution is 5.25. The second kappa shape index (κ2) is 2.63. The maximum absolute atomic E-state index is 9.57. The Morgan fingerprint density at radius 2 is 2.00 bits per heavy atom. The molecule has 0 radical (unpaired) electrons. The molecule has 1 nitrogen and oxygen atoms in total. The summed E-state index contributed by atoms with van der Waals surface area (Å²) in [5.74, 6) is 0. The Kier molecular flexibility index (Phi) is 2.10. The molecular weight excluding hydrogens is 136 g/mol. The van der Waals surface area contributed by atoms with Crippen LogP contribution in [0.1, 0.15) is 40.5 Å². The predicted octanol–water partition coefficient (Wildman–Crippen LogP) is 2.50. The molecule has 0 aliphatic heterocycles. The summed E-state index contributed by atoms with van der Waals surface area (Å²) in [7, 11) is 0. The molecule has 0 saturated heterocycles. The van der Waals surface area contributed by atoms with Crippen molar-refractivity contribution in [3.05, 3.63) is 11.1 Å². The van der Waals surface area contributed by atoms with Crippen LogP contribution in [0.2, 0.25) is 0 Å². The van der Waals surface area contributed by atoms with Crippen LogP contribution in [0.15, 0.2) is 11.1 Å². The molecule has 0 saturated carbocycles. The minimum Gasteiger partial charge on any atom is -0.393 e. The molecule has 2 atom stereocenters. The van der Waals surface area contributed by atoms with Gasteiger partial charge in [0.2, 0.25) is 0 Å². The largest absolute Gasteiger partial charge is 0.393 e. The van der Waals surface area contributed by atoms with Crippen molar-refractivity contribution in [2.24, 2.45) is 5.41 Å². The predicted molar refractivity (Wildman–Crippen MR) is 47.4 cm³/mol. The maximum atomic E-state index is 9.57. The number of hydrogen-bond acceptors (Lipinski definition) is 1. The third kappa shape index (κ3) is 1.22. The molecule has 1 aliphatic rings. The minimum absolute atomic E-state index is 0.0596. The molecule has 0 fully saturated rings. The van der Waals surface area contributed by atoms with Crippen LogP contribution in [-0.2, 0) is 0 Å². The average molecular weight is 154 g/mol. The molecule has 1 heteroatoms. The van der Waals surface area contributed by atoms with Crippen LogP contribution in [0.25, 0.3) is 0 Å². The molecule has 0 amide bonds. The normalized spacial score (nSPS) is 34.6. The summed E-state index contributed by atoms with van der Waals surface area (Å²) in [6.07, 6.45) is 2.06. The van der Waals surface area contributed by atoms with Crippen molar-refractivity contribution in [1.82, 2.24) is 0 Å². The summed E-state index contributed by atoms with van der Waals surface area (Å²) in [5.41, 5.74) is 2.92. The van der Waals surface area contributed by atoms with Gasteiger partial charge < -0.3 is 5.11 Å². The molecule has 11 heavy (non-hydrogen) atoms. The van der Waals surface area contributed by atoms with E-state index < -0.39 is 0 Å². The quantitative estimate of drug-likeness (QED) is 0.575. The highest BCUT2D eigenvalue weighted by atomic mass is 16.3. The van der Waals surface area contributed by atoms with E-state index in [1.165, 1.54) is 11.1 Å². The van der Waals surface area contributed by atoms with Crippen molar-refractivity contribution < 1.29 is 5.11 Å². The van der Waals surface area contributed by atoms with Gasteiger partial charge in [0.15, 0.2) is 0 Å². The highest BCUT2D eigenvalue weighted by Gasteiger charge is 2.36. The van der Waals surface area contributed by atoms with Crippen molar-refractivity contribution in [2.75, 3.05) is 0 Å². The van der Waals surface area contributed by atoms with Gasteiger partial charge in [-0.1, -0.05) is 18.1 Å². The first-order valence-corrected chi connectivity index (χ1v) is 4.33. The van der Waals surface area contributed by atoms with Crippen molar-refractivity contribution >= 4 is 0 Å². The zero-order valence-electron chi connectivity index (χ0n) is 7.94. The summed E-state index contributed by atoms with van der Waals surface area (Å²) >= 11 is 0. The summed E-state index contributed by atoms with van der Waals surface area (Å²) in [5, 5.41) is 9.57. The molecule has 0 bridgehead atoms. The summed E-state index contributed by atoms with van der Waals surface area (Å²) < 4.78 is 0. The molecule has 0 spiro atoms. The summed E-state index contributed by atoms with van der Waals surface area (Å²) in [6, 6.07) is 0. The molecule has 0 aromatic carbocycles. The fourth-order valence-electron chi connectivity index (χ4n) is 1.83. The molecule has 64 valence electrons. The Balaban J connectivity index is 2.92. The summed E-state index contributed by atoms with van der Waals surface area (Å²) in [6.45, 7) is 8.36. The second-order valence-corrected chi connectivity index (χ2v) is 4.00. The third-order valence-corrected chi connectivity index (χ3v) is 3.44. The average Bonchev–Trinajstić information content (AvgIpc) is 2.18. The molecule has 1 rings (SSSR count). The van der Waals surface area contributed by atoms with E-state index in [-0.39, 0.29) is 11.5 Å². The van der Waals surface area contributed by atoms with E-state index in [2.05, 4.69) is 20.8 Å². The lowest BCUT2D eigenvalue weighted by atomic mass is 9.79. The van der Waals surface area contributed by atoms with Crippen molar-refractivity contribution in [2.45, 2.75) is 46.6 Å². The molecule has 0 aromatic rings. The van der Waals surface area contributed by atoms with Gasteiger partial charge in [-0.25, -0.2) is 0 Å². The van der Waals surface area contributed by atoms with Gasteiger partial charge >= 0.3 is 0 Å². The van der Waals surface area contributed by atoms with Crippen molar-refractivity contribution in [1.29, 1.82) is 0 Å². The minimum atomic E-state index is -0.208. The molecular formula is C10H18O. The van der Waals surface area contributed by atoms with E-state index in [4.69, 9.17) is 0 Å². The van der Waals surface area contributed by atoms with Crippen LogP contribution in [-0.4, -0.2) is 11.2 Å². The lowest BCUT2D eigenvalue weighted by Crippen LogP contribution is -2.28. The lowest BCUT2D eigenvalue weighted by Gasteiger charge is -2.29. The second-order valence-electron chi connectivity index (χ2n) is 4.00. The number of aliphatic hydroxyl groups is 1. The van der Waals surface area contributed by atoms with Gasteiger partial charge in [0.1, 0.15) is 0 Å². The first-order valence-electron chi connectivity index (χ1n) is 4.33. The van der Waals surface area contributed by atoms with Crippen molar-refractivity contribution in [3.8, 4) is 0 Å². The molecule has 1 aliphatic carbocycles. The number of rotatable bonds is 1. The van der Waals surface area contributed by atoms with Gasteiger partial charge in [0.05, 0.1) is 6.10 Å². The monoisotopic (exact) mass is 154 g/mol. The van der Waals surface area contributed by atoms with Gasteiger partial charge in [-0.15, -0.1) is 0 Å². The number of allylic oxidation sites excluding steroid dienone is 1. The van der Waals surface area contributed by atoms with Crippen LogP contribution in [0, 0.1) is 5.41 Å². The smallest absolute Gasteiger partial charge is 0.0602 e. The first-order chi connectivity index (χ1) is 4.98.